The van der Waals surface area contributed by atoms with Crippen LogP contribution >= 0.6 is 0 Å². The van der Waals surface area contributed by atoms with Crippen molar-refractivity contribution in [1.82, 2.24) is 29.5 Å². The van der Waals surface area contributed by atoms with E-state index >= 15 is 0 Å². The second-order valence-corrected chi connectivity index (χ2v) is 4.02. The van der Waals surface area contributed by atoms with Crippen LogP contribution in [0, 0.1) is 11.3 Å². The zero-order valence-corrected chi connectivity index (χ0v) is 9.24. The maximum absolute atomic E-state index is 8.65. The Labute approximate surface area is 97.7 Å². The van der Waals surface area contributed by atoms with E-state index in [-0.39, 0.29) is 5.82 Å². The van der Waals surface area contributed by atoms with Crippen molar-refractivity contribution in [3.63, 3.8) is 0 Å². The monoisotopic (exact) mass is 229 g/mol. The third-order valence-electron chi connectivity index (χ3n) is 2.88. The van der Waals surface area contributed by atoms with E-state index in [9.17, 15) is 0 Å². The van der Waals surface area contributed by atoms with Gasteiger partial charge in [0.2, 0.25) is 0 Å². The predicted molar refractivity (Wildman–Crippen MR) is 56.8 cm³/mol. The van der Waals surface area contributed by atoms with Gasteiger partial charge < -0.3 is 4.57 Å². The number of aryl methyl sites for hydroxylation is 1. The van der Waals surface area contributed by atoms with Crippen molar-refractivity contribution in [2.45, 2.75) is 32.4 Å². The van der Waals surface area contributed by atoms with Crippen LogP contribution in [0.15, 0.2) is 6.33 Å². The molecule has 7 nitrogen and oxygen atoms in total. The molecule has 0 aliphatic carbocycles. The summed E-state index contributed by atoms with van der Waals surface area (Å²) < 4.78 is 3.75. The molecule has 0 saturated heterocycles. The number of aromatic nitrogens is 6. The van der Waals surface area contributed by atoms with E-state index in [1.165, 1.54) is 12.8 Å². The quantitative estimate of drug-likeness (QED) is 0.730. The molecule has 0 bridgehead atoms. The van der Waals surface area contributed by atoms with Gasteiger partial charge in [-0.15, -0.1) is 15.3 Å². The molecular weight excluding hydrogens is 218 g/mol. The Balaban J connectivity index is 1.85. The van der Waals surface area contributed by atoms with Crippen LogP contribution in [-0.4, -0.2) is 29.5 Å². The van der Waals surface area contributed by atoms with E-state index in [0.717, 1.165) is 24.6 Å². The van der Waals surface area contributed by atoms with E-state index in [4.69, 9.17) is 5.26 Å². The van der Waals surface area contributed by atoms with Crippen molar-refractivity contribution >= 4 is 0 Å². The van der Waals surface area contributed by atoms with Crippen molar-refractivity contribution in [2.24, 2.45) is 0 Å². The average molecular weight is 229 g/mol. The highest BCUT2D eigenvalue weighted by Crippen LogP contribution is 2.14. The Morgan fingerprint density at radius 3 is 3.12 bits per heavy atom. The molecule has 86 valence electrons. The van der Waals surface area contributed by atoms with Gasteiger partial charge in [-0.25, -0.2) is 9.67 Å². The summed E-state index contributed by atoms with van der Waals surface area (Å²) in [6.07, 6.45) is 4.88. The van der Waals surface area contributed by atoms with Crippen LogP contribution in [0.25, 0.3) is 0 Å². The van der Waals surface area contributed by atoms with Crippen LogP contribution in [0.3, 0.4) is 0 Å². The third kappa shape index (κ3) is 1.78. The molecule has 3 rings (SSSR count). The summed E-state index contributed by atoms with van der Waals surface area (Å²) in [5.41, 5.74) is 0. The Morgan fingerprint density at radius 1 is 1.35 bits per heavy atom. The van der Waals surface area contributed by atoms with E-state index < -0.39 is 0 Å². The molecule has 1 aliphatic heterocycles. The maximum Gasteiger partial charge on any atom is 0.252 e. The van der Waals surface area contributed by atoms with Crippen molar-refractivity contribution in [3.8, 4) is 6.07 Å². The minimum absolute atomic E-state index is 0.184. The topological polar surface area (TPSA) is 85.2 Å². The molecule has 7 heteroatoms. The van der Waals surface area contributed by atoms with Crippen molar-refractivity contribution in [1.29, 1.82) is 5.26 Å². The van der Waals surface area contributed by atoms with E-state index in [2.05, 4.69) is 24.8 Å². The fraction of sp³-hybridized carbons (Fsp3) is 0.500. The van der Waals surface area contributed by atoms with Gasteiger partial charge in [0.15, 0.2) is 5.82 Å². The number of nitriles is 1. The van der Waals surface area contributed by atoms with Crippen LogP contribution < -0.4 is 0 Å². The molecule has 0 radical (unpaired) electrons. The lowest BCUT2D eigenvalue weighted by Crippen LogP contribution is -2.15. The third-order valence-corrected chi connectivity index (χ3v) is 2.88. The molecule has 2 aromatic rings. The van der Waals surface area contributed by atoms with Gasteiger partial charge in [0.25, 0.3) is 5.82 Å². The van der Waals surface area contributed by atoms with E-state index in [1.807, 2.05) is 6.07 Å². The lowest BCUT2D eigenvalue weighted by Gasteiger charge is -2.14. The zero-order valence-electron chi connectivity index (χ0n) is 9.24. The largest absolute Gasteiger partial charge is 0.313 e. The molecule has 0 saturated carbocycles. The molecule has 0 amide bonds. The van der Waals surface area contributed by atoms with Gasteiger partial charge in [0.05, 0.1) is 0 Å². The summed E-state index contributed by atoms with van der Waals surface area (Å²) in [4.78, 5) is 3.86. The lowest BCUT2D eigenvalue weighted by molar-refractivity contribution is 0.495. The van der Waals surface area contributed by atoms with Crippen LogP contribution in [0.1, 0.15) is 30.3 Å². The summed E-state index contributed by atoms with van der Waals surface area (Å²) in [5, 5.41) is 21.0. The molecule has 0 unspecified atom stereocenters. The van der Waals surface area contributed by atoms with E-state index in [1.54, 1.807) is 11.0 Å². The van der Waals surface area contributed by atoms with Gasteiger partial charge >= 0.3 is 0 Å². The minimum atomic E-state index is 0.184. The molecule has 3 heterocycles. The average Bonchev–Trinajstić information content (AvgIpc) is 2.97. The lowest BCUT2D eigenvalue weighted by atomic mass is 10.2. The highest BCUT2D eigenvalue weighted by molar-refractivity contribution is 5.06. The Bertz CT molecular complexity index is 574. The van der Waals surface area contributed by atoms with Crippen molar-refractivity contribution in [3.05, 3.63) is 23.8 Å². The number of nitrogens with zero attached hydrogens (tertiary/aromatic N) is 7. The maximum atomic E-state index is 8.65. The first-order valence-electron chi connectivity index (χ1n) is 5.57. The molecular formula is C10H11N7. The molecule has 0 atom stereocenters. The smallest absolute Gasteiger partial charge is 0.252 e. The van der Waals surface area contributed by atoms with Gasteiger partial charge in [-0.3, -0.25) is 0 Å². The summed E-state index contributed by atoms with van der Waals surface area (Å²) in [6.45, 7) is 1.49. The fourth-order valence-corrected chi connectivity index (χ4v) is 2.05. The molecule has 0 fully saturated rings. The standard InChI is InChI=1S/C10H11N7/c11-5-8-12-7-16(15-8)6-10-14-13-9-3-1-2-4-17(9)10/h7H,1-4,6H2. The van der Waals surface area contributed by atoms with Gasteiger partial charge in [-0.2, -0.15) is 5.26 Å². The number of fused-ring (bicyclic) bond motifs is 1. The van der Waals surface area contributed by atoms with Crippen molar-refractivity contribution < 1.29 is 0 Å². The zero-order chi connectivity index (χ0) is 11.7. The highest BCUT2D eigenvalue weighted by Gasteiger charge is 2.16. The summed E-state index contributed by atoms with van der Waals surface area (Å²) >= 11 is 0. The SMILES string of the molecule is N#Cc1ncn(Cc2nnc3n2CCCC3)n1. The van der Waals surface area contributed by atoms with Crippen LogP contribution in [0.2, 0.25) is 0 Å². The molecule has 0 spiro atoms. The molecule has 0 aromatic carbocycles. The first kappa shape index (κ1) is 9.96. The molecule has 2 aromatic heterocycles. The van der Waals surface area contributed by atoms with Gasteiger partial charge in [-0.05, 0) is 12.8 Å². The second kappa shape index (κ2) is 3.97. The first-order chi connectivity index (χ1) is 8.36. The Hall–Kier alpha value is -2.23. The minimum Gasteiger partial charge on any atom is -0.313 e. The normalized spacial score (nSPS) is 14.3. The molecule has 0 N–H and O–H groups in total. The Morgan fingerprint density at radius 2 is 2.29 bits per heavy atom. The highest BCUT2D eigenvalue weighted by atomic mass is 15.4. The predicted octanol–water partition coefficient (Wildman–Crippen LogP) is 0.126. The van der Waals surface area contributed by atoms with Gasteiger partial charge in [0.1, 0.15) is 24.8 Å². The summed E-state index contributed by atoms with van der Waals surface area (Å²) in [6, 6.07) is 1.90. The molecule has 1 aliphatic rings. The number of rotatable bonds is 2. The van der Waals surface area contributed by atoms with Gasteiger partial charge in [-0.1, -0.05) is 0 Å². The van der Waals surface area contributed by atoms with E-state index in [0.29, 0.717) is 6.54 Å². The van der Waals surface area contributed by atoms with Crippen LogP contribution in [0.4, 0.5) is 0 Å². The number of hydrogen-bond acceptors (Lipinski definition) is 5. The van der Waals surface area contributed by atoms with Crippen LogP contribution in [-0.2, 0) is 19.5 Å². The number of hydrogen-bond donors (Lipinski definition) is 0. The summed E-state index contributed by atoms with van der Waals surface area (Å²) in [7, 11) is 0. The van der Waals surface area contributed by atoms with Crippen molar-refractivity contribution in [2.75, 3.05) is 0 Å². The van der Waals surface area contributed by atoms with Crippen LogP contribution in [0.5, 0.6) is 0 Å². The first-order valence-corrected chi connectivity index (χ1v) is 5.57. The molecule has 17 heavy (non-hydrogen) atoms. The Kier molecular flexibility index (Phi) is 2.33. The van der Waals surface area contributed by atoms with Gasteiger partial charge in [0, 0.05) is 13.0 Å². The summed E-state index contributed by atoms with van der Waals surface area (Å²) in [5.74, 6) is 2.12. The second-order valence-electron chi connectivity index (χ2n) is 4.02. The fourth-order valence-electron chi connectivity index (χ4n) is 2.05.